The Labute approximate surface area is 204 Å². The van der Waals surface area contributed by atoms with E-state index in [0.717, 1.165) is 4.88 Å². The molecule has 1 amide bonds. The van der Waals surface area contributed by atoms with Crippen molar-refractivity contribution >= 4 is 39.2 Å². The molecule has 0 saturated carbocycles. The summed E-state index contributed by atoms with van der Waals surface area (Å²) in [6, 6.07) is 5.01. The number of esters is 1. The lowest BCUT2D eigenvalue weighted by atomic mass is 10.0. The van der Waals surface area contributed by atoms with Gasteiger partial charge in [0.15, 0.2) is 0 Å². The first-order valence-corrected chi connectivity index (χ1v) is 11.8. The van der Waals surface area contributed by atoms with Gasteiger partial charge in [-0.3, -0.25) is 18.8 Å². The van der Waals surface area contributed by atoms with Crippen LogP contribution >= 0.6 is 11.3 Å². The number of hydrogen-bond acceptors (Lipinski definition) is 7. The molecule has 35 heavy (non-hydrogen) atoms. The molecule has 1 N–H and O–H groups in total. The third-order valence-electron chi connectivity index (χ3n) is 5.65. The summed E-state index contributed by atoms with van der Waals surface area (Å²) in [5.41, 5.74) is 1.10. The van der Waals surface area contributed by atoms with Crippen molar-refractivity contribution < 1.29 is 18.7 Å². The summed E-state index contributed by atoms with van der Waals surface area (Å²) in [4.78, 5) is 45.0. The van der Waals surface area contributed by atoms with E-state index in [0.29, 0.717) is 27.8 Å². The summed E-state index contributed by atoms with van der Waals surface area (Å²) in [6.07, 6.45) is 2.97. The number of nitrogens with zero attached hydrogens (tertiary/aromatic N) is 4. The number of thiophene rings is 1. The Kier molecular flexibility index (Phi) is 6.79. The number of carbonyl (C=O) groups is 2. The van der Waals surface area contributed by atoms with Crippen LogP contribution in [0, 0.1) is 12.7 Å². The number of fused-ring (bicyclic) bond motifs is 1. The highest BCUT2D eigenvalue weighted by Crippen LogP contribution is 2.35. The van der Waals surface area contributed by atoms with Crippen molar-refractivity contribution in [3.8, 4) is 11.1 Å². The molecule has 0 fully saturated rings. The molecule has 1 unspecified atom stereocenters. The fraction of sp³-hybridized carbons (Fsp3) is 0.292. The minimum atomic E-state index is -0.898. The highest BCUT2D eigenvalue weighted by atomic mass is 32.1. The van der Waals surface area contributed by atoms with Gasteiger partial charge in [-0.05, 0) is 38.0 Å². The zero-order valence-corrected chi connectivity index (χ0v) is 20.5. The lowest BCUT2D eigenvalue weighted by molar-refractivity contribution is -0.119. The van der Waals surface area contributed by atoms with Gasteiger partial charge in [-0.2, -0.15) is 5.10 Å². The van der Waals surface area contributed by atoms with Gasteiger partial charge in [-0.1, -0.05) is 19.1 Å². The van der Waals surface area contributed by atoms with Crippen molar-refractivity contribution in [2.45, 2.75) is 33.2 Å². The van der Waals surface area contributed by atoms with E-state index in [-0.39, 0.29) is 29.4 Å². The zero-order valence-electron chi connectivity index (χ0n) is 19.7. The molecule has 0 radical (unpaired) electrons. The monoisotopic (exact) mass is 497 g/mol. The van der Waals surface area contributed by atoms with Gasteiger partial charge in [0.05, 0.1) is 24.5 Å². The van der Waals surface area contributed by atoms with Crippen LogP contribution in [0.4, 0.5) is 10.2 Å². The van der Waals surface area contributed by atoms with E-state index >= 15 is 0 Å². The van der Waals surface area contributed by atoms with E-state index in [9.17, 15) is 18.8 Å². The molecule has 4 aromatic rings. The molecule has 0 spiro atoms. The summed E-state index contributed by atoms with van der Waals surface area (Å²) in [5.74, 6) is -1.31. The minimum absolute atomic E-state index is 0.116. The largest absolute Gasteiger partial charge is 0.462 e. The number of ether oxygens (including phenoxy) is 1. The summed E-state index contributed by atoms with van der Waals surface area (Å²) in [5, 5.41) is 7.13. The van der Waals surface area contributed by atoms with Crippen molar-refractivity contribution in [2.24, 2.45) is 7.05 Å². The highest BCUT2D eigenvalue weighted by Gasteiger charge is 2.26. The molecular formula is C24H24FN5O4S. The second-order valence-electron chi connectivity index (χ2n) is 7.84. The SMILES string of the molecule is CCOC(=O)c1cnn(C)c1NC(=O)C(CC)n1cnc2sc(C)c(-c3ccc(F)cc3)c2c1=O. The molecule has 4 rings (SSSR count). The number of aromatic nitrogens is 4. The second kappa shape index (κ2) is 9.79. The first-order valence-electron chi connectivity index (χ1n) is 11.0. The maximum atomic E-state index is 13.6. The van der Waals surface area contributed by atoms with Crippen LogP contribution in [-0.2, 0) is 16.6 Å². The third-order valence-corrected chi connectivity index (χ3v) is 6.66. The summed E-state index contributed by atoms with van der Waals surface area (Å²) in [6.45, 7) is 5.51. The lowest BCUT2D eigenvalue weighted by Gasteiger charge is -2.18. The number of hydrogen-bond donors (Lipinski definition) is 1. The van der Waals surface area contributed by atoms with Gasteiger partial charge < -0.3 is 10.1 Å². The zero-order chi connectivity index (χ0) is 25.3. The van der Waals surface area contributed by atoms with Crippen LogP contribution in [0.5, 0.6) is 0 Å². The van der Waals surface area contributed by atoms with Gasteiger partial charge in [0.25, 0.3) is 5.56 Å². The van der Waals surface area contributed by atoms with Gasteiger partial charge in [0.2, 0.25) is 5.91 Å². The Morgan fingerprint density at radius 3 is 2.60 bits per heavy atom. The lowest BCUT2D eigenvalue weighted by Crippen LogP contribution is -2.34. The number of rotatable bonds is 7. The summed E-state index contributed by atoms with van der Waals surface area (Å²) >= 11 is 1.36. The average Bonchev–Trinajstić information content (AvgIpc) is 3.36. The maximum absolute atomic E-state index is 13.6. The molecule has 1 aromatic carbocycles. The second-order valence-corrected chi connectivity index (χ2v) is 9.04. The van der Waals surface area contributed by atoms with E-state index in [4.69, 9.17) is 4.74 Å². The van der Waals surface area contributed by atoms with Crippen LogP contribution in [-0.4, -0.2) is 37.8 Å². The smallest absolute Gasteiger partial charge is 0.343 e. The molecule has 1 atom stereocenters. The van der Waals surface area contributed by atoms with Gasteiger partial charge in [0.1, 0.15) is 28.1 Å². The molecular weight excluding hydrogens is 473 g/mol. The normalized spacial score (nSPS) is 12.0. The average molecular weight is 498 g/mol. The standard InChI is InChI=1S/C24H24FN5O4S/c1-5-17(21(31)28-20-16(11-27-29(20)4)24(33)34-6-2)30-12-26-22-19(23(30)32)18(13(3)35-22)14-7-9-15(25)10-8-14/h7-12,17H,5-6H2,1-4H3,(H,28,31). The fourth-order valence-electron chi connectivity index (χ4n) is 3.95. The van der Waals surface area contributed by atoms with Crippen molar-refractivity contribution in [3.05, 3.63) is 63.4 Å². The molecule has 0 aliphatic rings. The molecule has 3 heterocycles. The minimum Gasteiger partial charge on any atom is -0.462 e. The Balaban J connectivity index is 1.75. The van der Waals surface area contributed by atoms with Gasteiger partial charge >= 0.3 is 5.97 Å². The fourth-order valence-corrected chi connectivity index (χ4v) is 4.96. The van der Waals surface area contributed by atoms with Crippen LogP contribution in [0.15, 0.2) is 41.6 Å². The Hall–Kier alpha value is -3.86. The van der Waals surface area contributed by atoms with E-state index in [1.165, 1.54) is 45.2 Å². The molecule has 0 saturated heterocycles. The number of benzene rings is 1. The molecule has 182 valence electrons. The highest BCUT2D eigenvalue weighted by molar-refractivity contribution is 7.19. The van der Waals surface area contributed by atoms with E-state index in [1.807, 2.05) is 6.92 Å². The molecule has 0 bridgehead atoms. The molecule has 3 aromatic heterocycles. The van der Waals surface area contributed by atoms with Crippen molar-refractivity contribution in [2.75, 3.05) is 11.9 Å². The molecule has 9 nitrogen and oxygen atoms in total. The predicted molar refractivity (Wildman–Crippen MR) is 131 cm³/mol. The Morgan fingerprint density at radius 1 is 1.23 bits per heavy atom. The van der Waals surface area contributed by atoms with Crippen LogP contribution in [0.2, 0.25) is 0 Å². The number of halogens is 1. The van der Waals surface area contributed by atoms with E-state index in [2.05, 4.69) is 15.4 Å². The van der Waals surface area contributed by atoms with Crippen molar-refractivity contribution in [1.82, 2.24) is 19.3 Å². The first-order chi connectivity index (χ1) is 16.8. The maximum Gasteiger partial charge on any atom is 0.343 e. The van der Waals surface area contributed by atoms with Crippen LogP contribution in [0.3, 0.4) is 0 Å². The third kappa shape index (κ3) is 4.46. The Morgan fingerprint density at radius 2 is 1.94 bits per heavy atom. The van der Waals surface area contributed by atoms with Crippen LogP contribution < -0.4 is 10.9 Å². The number of nitrogens with one attached hydrogen (secondary N) is 1. The molecule has 11 heteroatoms. The van der Waals surface area contributed by atoms with E-state index < -0.39 is 17.9 Å². The topological polar surface area (TPSA) is 108 Å². The number of carbonyl (C=O) groups excluding carboxylic acids is 2. The summed E-state index contributed by atoms with van der Waals surface area (Å²) in [7, 11) is 1.59. The molecule has 0 aliphatic heterocycles. The van der Waals surface area contributed by atoms with Gasteiger partial charge in [0, 0.05) is 17.5 Å². The quantitative estimate of drug-likeness (QED) is 0.386. The Bertz CT molecular complexity index is 1470. The number of anilines is 1. The van der Waals surface area contributed by atoms with Crippen LogP contribution in [0.1, 0.15) is 41.5 Å². The first kappa shape index (κ1) is 24.3. The predicted octanol–water partition coefficient (Wildman–Crippen LogP) is 4.07. The van der Waals surface area contributed by atoms with Crippen LogP contribution in [0.25, 0.3) is 21.3 Å². The summed E-state index contributed by atoms with van der Waals surface area (Å²) < 4.78 is 21.2. The van der Waals surface area contributed by atoms with E-state index in [1.54, 1.807) is 33.0 Å². The molecule has 0 aliphatic carbocycles. The van der Waals surface area contributed by atoms with Crippen molar-refractivity contribution in [3.63, 3.8) is 0 Å². The number of amides is 1. The number of aryl methyl sites for hydroxylation is 2. The van der Waals surface area contributed by atoms with Gasteiger partial charge in [-0.15, -0.1) is 11.3 Å². The van der Waals surface area contributed by atoms with Crippen molar-refractivity contribution in [1.29, 1.82) is 0 Å². The van der Waals surface area contributed by atoms with Gasteiger partial charge in [-0.25, -0.2) is 14.2 Å².